The topological polar surface area (TPSA) is 37.3 Å². The van der Waals surface area contributed by atoms with E-state index >= 15 is 0 Å². The van der Waals surface area contributed by atoms with Gasteiger partial charge in [0.1, 0.15) is 0 Å². The predicted molar refractivity (Wildman–Crippen MR) is 52.2 cm³/mol. The van der Waals surface area contributed by atoms with Crippen molar-refractivity contribution < 1.29 is 9.90 Å². The van der Waals surface area contributed by atoms with Crippen LogP contribution in [0.2, 0.25) is 0 Å². The van der Waals surface area contributed by atoms with Crippen molar-refractivity contribution in [2.75, 3.05) is 0 Å². The normalized spacial score (nSPS) is 26.8. The van der Waals surface area contributed by atoms with Gasteiger partial charge in [-0.3, -0.25) is 4.79 Å². The highest BCUT2D eigenvalue weighted by Crippen LogP contribution is 2.39. The van der Waals surface area contributed by atoms with Crippen molar-refractivity contribution in [1.82, 2.24) is 0 Å². The van der Waals surface area contributed by atoms with Gasteiger partial charge in [-0.25, -0.2) is 0 Å². The molecule has 1 aromatic rings. The monoisotopic (exact) mass is 196 g/mol. The molecule has 2 nitrogen and oxygen atoms in total. The van der Waals surface area contributed by atoms with E-state index in [0.717, 1.165) is 17.7 Å². The molecule has 0 aliphatic heterocycles. The van der Waals surface area contributed by atoms with E-state index in [9.17, 15) is 4.79 Å². The van der Waals surface area contributed by atoms with Crippen molar-refractivity contribution >= 4 is 17.3 Å². The molecule has 13 heavy (non-hydrogen) atoms. The van der Waals surface area contributed by atoms with Gasteiger partial charge in [-0.2, -0.15) is 0 Å². The van der Waals surface area contributed by atoms with E-state index in [1.165, 1.54) is 5.56 Å². The quantitative estimate of drug-likeness (QED) is 0.749. The van der Waals surface area contributed by atoms with E-state index in [-0.39, 0.29) is 11.8 Å². The first kappa shape index (κ1) is 8.75. The first-order chi connectivity index (χ1) is 6.20. The molecule has 0 bridgehead atoms. The molecule has 1 aliphatic rings. The molecule has 0 amide bonds. The highest BCUT2D eigenvalue weighted by Gasteiger charge is 2.32. The average Bonchev–Trinajstić information content (AvgIpc) is 2.50. The van der Waals surface area contributed by atoms with Gasteiger partial charge in [-0.1, -0.05) is 6.92 Å². The minimum Gasteiger partial charge on any atom is -0.481 e. The Bertz CT molecular complexity index is 329. The fraction of sp³-hybridized carbons (Fsp3) is 0.500. The van der Waals surface area contributed by atoms with E-state index in [1.807, 2.05) is 12.3 Å². The van der Waals surface area contributed by atoms with Gasteiger partial charge >= 0.3 is 5.97 Å². The third-order valence-corrected chi connectivity index (χ3v) is 3.81. The Morgan fingerprint density at radius 1 is 1.69 bits per heavy atom. The first-order valence-electron chi connectivity index (χ1n) is 4.49. The van der Waals surface area contributed by atoms with Gasteiger partial charge in [-0.05, 0) is 35.8 Å². The number of carboxylic acid groups (broad SMARTS) is 1. The Morgan fingerprint density at radius 2 is 2.46 bits per heavy atom. The highest BCUT2D eigenvalue weighted by molar-refractivity contribution is 7.10. The lowest BCUT2D eigenvalue weighted by molar-refractivity contribution is -0.140. The average molecular weight is 196 g/mol. The molecule has 1 heterocycles. The molecule has 1 aliphatic carbocycles. The number of hydrogen-bond acceptors (Lipinski definition) is 2. The Labute approximate surface area is 81.2 Å². The summed E-state index contributed by atoms with van der Waals surface area (Å²) in [7, 11) is 0. The number of hydrogen-bond donors (Lipinski definition) is 1. The molecule has 2 atom stereocenters. The SMILES string of the molecule is CC1CCc2ccsc2C1C(=O)O. The van der Waals surface area contributed by atoms with E-state index in [0.29, 0.717) is 0 Å². The molecule has 1 N–H and O–H groups in total. The molecule has 2 rings (SSSR count). The summed E-state index contributed by atoms with van der Waals surface area (Å²) >= 11 is 1.58. The maximum Gasteiger partial charge on any atom is 0.312 e. The molecule has 0 radical (unpaired) electrons. The van der Waals surface area contributed by atoms with Crippen LogP contribution in [0.25, 0.3) is 0 Å². The fourth-order valence-electron chi connectivity index (χ4n) is 1.99. The van der Waals surface area contributed by atoms with Crippen LogP contribution in [0.1, 0.15) is 29.7 Å². The molecule has 0 spiro atoms. The van der Waals surface area contributed by atoms with Gasteiger partial charge < -0.3 is 5.11 Å². The molecular formula is C10H12O2S. The van der Waals surface area contributed by atoms with Crippen molar-refractivity contribution in [2.45, 2.75) is 25.7 Å². The summed E-state index contributed by atoms with van der Waals surface area (Å²) in [5.74, 6) is -0.650. The van der Waals surface area contributed by atoms with E-state index < -0.39 is 5.97 Å². The number of carbonyl (C=O) groups is 1. The second-order valence-corrected chi connectivity index (χ2v) is 4.59. The number of aryl methyl sites for hydroxylation is 1. The first-order valence-corrected chi connectivity index (χ1v) is 5.37. The van der Waals surface area contributed by atoms with Gasteiger partial charge in [0.05, 0.1) is 5.92 Å². The zero-order valence-corrected chi connectivity index (χ0v) is 8.30. The van der Waals surface area contributed by atoms with E-state index in [4.69, 9.17) is 5.11 Å². The summed E-state index contributed by atoms with van der Waals surface area (Å²) < 4.78 is 0. The third kappa shape index (κ3) is 1.37. The molecule has 0 fully saturated rings. The van der Waals surface area contributed by atoms with Crippen molar-refractivity contribution in [2.24, 2.45) is 5.92 Å². The molecule has 0 saturated heterocycles. The molecule has 0 saturated carbocycles. The summed E-state index contributed by atoms with van der Waals surface area (Å²) in [6, 6.07) is 2.06. The smallest absolute Gasteiger partial charge is 0.312 e. The van der Waals surface area contributed by atoms with E-state index in [2.05, 4.69) is 6.07 Å². The van der Waals surface area contributed by atoms with Crippen molar-refractivity contribution in [3.8, 4) is 0 Å². The van der Waals surface area contributed by atoms with E-state index in [1.54, 1.807) is 11.3 Å². The molecular weight excluding hydrogens is 184 g/mol. The van der Waals surface area contributed by atoms with Gasteiger partial charge in [0.15, 0.2) is 0 Å². The molecule has 0 aromatic carbocycles. The molecule has 2 unspecified atom stereocenters. The van der Waals surface area contributed by atoms with Gasteiger partial charge in [0.25, 0.3) is 0 Å². The predicted octanol–water partition coefficient (Wildman–Crippen LogP) is 2.50. The minimum absolute atomic E-state index is 0.260. The van der Waals surface area contributed by atoms with Crippen molar-refractivity contribution in [3.05, 3.63) is 21.9 Å². The summed E-state index contributed by atoms with van der Waals surface area (Å²) in [5, 5.41) is 11.1. The highest BCUT2D eigenvalue weighted by atomic mass is 32.1. The lowest BCUT2D eigenvalue weighted by Gasteiger charge is -2.25. The zero-order chi connectivity index (χ0) is 9.42. The molecule has 70 valence electrons. The molecule has 3 heteroatoms. The summed E-state index contributed by atoms with van der Waals surface area (Å²) in [6.45, 7) is 2.03. The third-order valence-electron chi connectivity index (χ3n) is 2.77. The fourth-order valence-corrected chi connectivity index (χ4v) is 3.17. The summed E-state index contributed by atoms with van der Waals surface area (Å²) in [5.41, 5.74) is 1.25. The van der Waals surface area contributed by atoms with Crippen LogP contribution in [0.15, 0.2) is 11.4 Å². The summed E-state index contributed by atoms with van der Waals surface area (Å²) in [4.78, 5) is 12.1. The van der Waals surface area contributed by atoms with Gasteiger partial charge in [0, 0.05) is 4.88 Å². The zero-order valence-electron chi connectivity index (χ0n) is 7.49. The lowest BCUT2D eigenvalue weighted by Crippen LogP contribution is -2.23. The minimum atomic E-state index is -0.670. The largest absolute Gasteiger partial charge is 0.481 e. The Morgan fingerprint density at radius 3 is 3.15 bits per heavy atom. The second-order valence-electron chi connectivity index (χ2n) is 3.64. The van der Waals surface area contributed by atoms with Crippen LogP contribution in [0.5, 0.6) is 0 Å². The number of rotatable bonds is 1. The van der Waals surface area contributed by atoms with Crippen LogP contribution in [-0.2, 0) is 11.2 Å². The van der Waals surface area contributed by atoms with Crippen LogP contribution >= 0.6 is 11.3 Å². The van der Waals surface area contributed by atoms with Gasteiger partial charge in [0.2, 0.25) is 0 Å². The van der Waals surface area contributed by atoms with Crippen LogP contribution in [-0.4, -0.2) is 11.1 Å². The van der Waals surface area contributed by atoms with Crippen LogP contribution < -0.4 is 0 Å². The van der Waals surface area contributed by atoms with Crippen LogP contribution in [0, 0.1) is 5.92 Å². The van der Waals surface area contributed by atoms with Crippen LogP contribution in [0.3, 0.4) is 0 Å². The molecule has 1 aromatic heterocycles. The maximum atomic E-state index is 11.0. The standard InChI is InChI=1S/C10H12O2S/c1-6-2-3-7-4-5-13-9(7)8(6)10(11)12/h4-6,8H,2-3H2,1H3,(H,11,12). The van der Waals surface area contributed by atoms with Crippen LogP contribution in [0.4, 0.5) is 0 Å². The lowest BCUT2D eigenvalue weighted by atomic mass is 9.81. The second kappa shape index (κ2) is 3.14. The van der Waals surface area contributed by atoms with Crippen molar-refractivity contribution in [3.63, 3.8) is 0 Å². The number of aliphatic carboxylic acids is 1. The number of carboxylic acids is 1. The Balaban J connectivity index is 2.41. The van der Waals surface area contributed by atoms with Crippen molar-refractivity contribution in [1.29, 1.82) is 0 Å². The Hall–Kier alpha value is -0.830. The maximum absolute atomic E-state index is 11.0. The summed E-state index contributed by atoms with van der Waals surface area (Å²) in [6.07, 6.45) is 2.05. The Kier molecular flexibility index (Phi) is 2.12. The van der Waals surface area contributed by atoms with Gasteiger partial charge in [-0.15, -0.1) is 11.3 Å². The number of fused-ring (bicyclic) bond motifs is 1. The number of thiophene rings is 1.